The number of rotatable bonds is 4. The molecule has 1 spiro atoms. The molecule has 0 aromatic carbocycles. The third kappa shape index (κ3) is 3.36. The number of piperidine rings is 1. The zero-order valence-corrected chi connectivity index (χ0v) is 11.4. The van der Waals surface area contributed by atoms with E-state index >= 15 is 0 Å². The molecule has 0 radical (unpaired) electrons. The molecule has 0 aromatic rings. The maximum atomic E-state index is 11.9. The van der Waals surface area contributed by atoms with Crippen LogP contribution in [0.5, 0.6) is 0 Å². The molecule has 0 aliphatic carbocycles. The minimum absolute atomic E-state index is 0.00922. The number of carbonyl (C=O) groups excluding carboxylic acids is 1. The van der Waals surface area contributed by atoms with Crippen molar-refractivity contribution in [3.8, 4) is 0 Å². The van der Waals surface area contributed by atoms with E-state index in [1.165, 1.54) is 0 Å². The quantitative estimate of drug-likeness (QED) is 0.649. The van der Waals surface area contributed by atoms with Gasteiger partial charge in [-0.25, -0.2) is 0 Å². The Balaban J connectivity index is 1.78. The van der Waals surface area contributed by atoms with E-state index in [0.29, 0.717) is 0 Å². The maximum absolute atomic E-state index is 11.9. The first-order valence-corrected chi connectivity index (χ1v) is 7.64. The molecule has 5 heteroatoms. The first kappa shape index (κ1) is 13.2. The molecule has 2 rings (SSSR count). The molecule has 98 valence electrons. The Bertz CT molecular complexity index is 266. The van der Waals surface area contributed by atoms with Crippen molar-refractivity contribution in [2.24, 2.45) is 0 Å². The summed E-state index contributed by atoms with van der Waals surface area (Å²) in [6.07, 6.45) is 4.44. The second-order valence-corrected chi connectivity index (χ2v) is 6.30. The van der Waals surface area contributed by atoms with Gasteiger partial charge in [0.2, 0.25) is 5.91 Å². The number of amides is 1. The maximum Gasteiger partial charge on any atom is 0.238 e. The lowest BCUT2D eigenvalue weighted by atomic mass is 10.0. The number of thioether (sulfide) groups is 1. The summed E-state index contributed by atoms with van der Waals surface area (Å²) in [5.74, 6) is 1.10. The summed E-state index contributed by atoms with van der Waals surface area (Å²) in [5, 5.41) is 9.93. The van der Waals surface area contributed by atoms with Crippen LogP contribution < -0.4 is 16.0 Å². The molecule has 0 bridgehead atoms. The highest BCUT2D eigenvalue weighted by molar-refractivity contribution is 8.01. The van der Waals surface area contributed by atoms with Crippen molar-refractivity contribution >= 4 is 17.7 Å². The Morgan fingerprint density at radius 3 is 2.94 bits per heavy atom. The lowest BCUT2D eigenvalue weighted by Gasteiger charge is -2.33. The number of carbonyl (C=O) groups is 1. The van der Waals surface area contributed by atoms with Gasteiger partial charge in [-0.3, -0.25) is 10.1 Å². The lowest BCUT2D eigenvalue weighted by Crippen LogP contribution is -2.52. The highest BCUT2D eigenvalue weighted by Gasteiger charge is 2.42. The monoisotopic (exact) mass is 257 g/mol. The van der Waals surface area contributed by atoms with Crippen molar-refractivity contribution in [1.29, 1.82) is 0 Å². The molecule has 1 unspecified atom stereocenters. The van der Waals surface area contributed by atoms with E-state index < -0.39 is 0 Å². The lowest BCUT2D eigenvalue weighted by molar-refractivity contribution is -0.122. The fourth-order valence-corrected chi connectivity index (χ4v) is 3.85. The smallest absolute Gasteiger partial charge is 0.238 e. The fourth-order valence-electron chi connectivity index (χ4n) is 2.42. The summed E-state index contributed by atoms with van der Waals surface area (Å²) in [7, 11) is 0. The molecule has 0 saturated carbocycles. The Labute approximate surface area is 108 Å². The van der Waals surface area contributed by atoms with Crippen LogP contribution in [0.1, 0.15) is 32.6 Å². The Morgan fingerprint density at radius 1 is 1.47 bits per heavy atom. The van der Waals surface area contributed by atoms with E-state index in [1.807, 2.05) is 11.8 Å². The predicted octanol–water partition coefficient (Wildman–Crippen LogP) is 0.687. The Hall–Kier alpha value is -0.260. The molecule has 2 heterocycles. The van der Waals surface area contributed by atoms with Gasteiger partial charge in [-0.15, -0.1) is 11.8 Å². The van der Waals surface area contributed by atoms with E-state index in [9.17, 15) is 4.79 Å². The van der Waals surface area contributed by atoms with Crippen LogP contribution >= 0.6 is 11.8 Å². The van der Waals surface area contributed by atoms with Crippen molar-refractivity contribution in [2.75, 3.05) is 25.4 Å². The minimum Gasteiger partial charge on any atom is -0.355 e. The standard InChI is InChI=1S/C12H23N3OS/c1-2-3-6-14-11(16)10-9-17-12(15-10)4-7-13-8-5-12/h10,13,15H,2-9H2,1H3,(H,14,16). The SMILES string of the molecule is CCCCNC(=O)C1CSC2(CCNCC2)N1. The zero-order chi connectivity index (χ0) is 12.1. The van der Waals surface area contributed by atoms with E-state index in [1.54, 1.807) is 0 Å². The molecule has 2 fully saturated rings. The van der Waals surface area contributed by atoms with Crippen LogP contribution in [0, 0.1) is 0 Å². The third-order valence-electron chi connectivity index (χ3n) is 3.52. The van der Waals surface area contributed by atoms with Crippen molar-refractivity contribution in [2.45, 2.75) is 43.5 Å². The average Bonchev–Trinajstić information content (AvgIpc) is 2.74. The van der Waals surface area contributed by atoms with Gasteiger partial charge in [0, 0.05) is 12.3 Å². The van der Waals surface area contributed by atoms with Gasteiger partial charge in [0.1, 0.15) is 0 Å². The van der Waals surface area contributed by atoms with Gasteiger partial charge in [0.15, 0.2) is 0 Å². The van der Waals surface area contributed by atoms with E-state index in [0.717, 1.165) is 51.1 Å². The normalized spacial score (nSPS) is 27.2. The number of nitrogens with one attached hydrogen (secondary N) is 3. The number of hydrogen-bond acceptors (Lipinski definition) is 4. The second kappa shape index (κ2) is 6.07. The van der Waals surface area contributed by atoms with Gasteiger partial charge in [0.25, 0.3) is 0 Å². The molecule has 4 nitrogen and oxygen atoms in total. The molecule has 1 amide bonds. The molecule has 1 atom stereocenters. The highest BCUT2D eigenvalue weighted by Crippen LogP contribution is 2.37. The molecule has 2 aliphatic heterocycles. The minimum atomic E-state index is 0.00922. The Morgan fingerprint density at radius 2 is 2.24 bits per heavy atom. The first-order valence-electron chi connectivity index (χ1n) is 6.66. The molecular weight excluding hydrogens is 234 g/mol. The van der Waals surface area contributed by atoms with E-state index in [2.05, 4.69) is 22.9 Å². The van der Waals surface area contributed by atoms with Crippen LogP contribution in [0.4, 0.5) is 0 Å². The molecule has 0 aromatic heterocycles. The zero-order valence-electron chi connectivity index (χ0n) is 10.6. The van der Waals surface area contributed by atoms with Crippen molar-refractivity contribution in [1.82, 2.24) is 16.0 Å². The fraction of sp³-hybridized carbons (Fsp3) is 0.917. The second-order valence-electron chi connectivity index (χ2n) is 4.90. The number of unbranched alkanes of at least 4 members (excludes halogenated alkanes) is 1. The first-order chi connectivity index (χ1) is 8.26. The van der Waals surface area contributed by atoms with Crippen LogP contribution in [-0.4, -0.2) is 42.2 Å². The number of hydrogen-bond donors (Lipinski definition) is 3. The summed E-state index contributed by atoms with van der Waals surface area (Å²) in [6, 6.07) is 0.00922. The largest absolute Gasteiger partial charge is 0.355 e. The summed E-state index contributed by atoms with van der Waals surface area (Å²) < 4.78 is 0. The summed E-state index contributed by atoms with van der Waals surface area (Å²) in [4.78, 5) is 12.1. The molecule has 3 N–H and O–H groups in total. The summed E-state index contributed by atoms with van der Waals surface area (Å²) in [6.45, 7) is 5.07. The molecule has 2 aliphatic rings. The molecule has 2 saturated heterocycles. The van der Waals surface area contributed by atoms with Gasteiger partial charge >= 0.3 is 0 Å². The van der Waals surface area contributed by atoms with E-state index in [-0.39, 0.29) is 16.8 Å². The van der Waals surface area contributed by atoms with Gasteiger partial charge in [-0.2, -0.15) is 0 Å². The van der Waals surface area contributed by atoms with Crippen LogP contribution in [0.3, 0.4) is 0 Å². The molecule has 17 heavy (non-hydrogen) atoms. The van der Waals surface area contributed by atoms with Gasteiger partial charge in [-0.05, 0) is 32.4 Å². The van der Waals surface area contributed by atoms with Gasteiger partial charge < -0.3 is 10.6 Å². The van der Waals surface area contributed by atoms with Crippen molar-refractivity contribution < 1.29 is 4.79 Å². The van der Waals surface area contributed by atoms with Crippen LogP contribution in [0.25, 0.3) is 0 Å². The average molecular weight is 257 g/mol. The highest BCUT2D eigenvalue weighted by atomic mass is 32.2. The summed E-state index contributed by atoms with van der Waals surface area (Å²) >= 11 is 1.93. The van der Waals surface area contributed by atoms with Crippen molar-refractivity contribution in [3.63, 3.8) is 0 Å². The Kier molecular flexibility index (Phi) is 4.70. The van der Waals surface area contributed by atoms with Crippen LogP contribution in [0.2, 0.25) is 0 Å². The molecular formula is C12H23N3OS. The van der Waals surface area contributed by atoms with Gasteiger partial charge in [0.05, 0.1) is 10.9 Å². The summed E-state index contributed by atoms with van der Waals surface area (Å²) in [5.41, 5.74) is 0. The van der Waals surface area contributed by atoms with Crippen LogP contribution in [0.15, 0.2) is 0 Å². The van der Waals surface area contributed by atoms with E-state index in [4.69, 9.17) is 0 Å². The van der Waals surface area contributed by atoms with Gasteiger partial charge in [-0.1, -0.05) is 13.3 Å². The topological polar surface area (TPSA) is 53.2 Å². The predicted molar refractivity (Wildman–Crippen MR) is 72.1 cm³/mol. The van der Waals surface area contributed by atoms with Crippen LogP contribution in [-0.2, 0) is 4.79 Å². The third-order valence-corrected chi connectivity index (χ3v) is 5.10. The van der Waals surface area contributed by atoms with Crippen molar-refractivity contribution in [3.05, 3.63) is 0 Å².